The lowest BCUT2D eigenvalue weighted by molar-refractivity contribution is 0.240. The van der Waals surface area contributed by atoms with Gasteiger partial charge in [-0.25, -0.2) is 27.5 Å². The molecular weight excluding hydrogens is 535 g/mol. The highest BCUT2D eigenvalue weighted by atomic mass is 79.9. The Morgan fingerprint density at radius 3 is 2.41 bits per heavy atom. The molecule has 0 aliphatic heterocycles. The molecule has 0 aliphatic rings. The van der Waals surface area contributed by atoms with Crippen LogP contribution < -0.4 is 18.9 Å². The molecule has 4 aromatic rings. The molecule has 178 valence electrons. The SMILES string of the molecule is COc1nc(NS(=O)(=O)c2c[nH]c3c(-c4ncccn4)c(Br)ccc23)nc(OC)c1OCCF. The summed E-state index contributed by atoms with van der Waals surface area (Å²) in [7, 11) is -1.57. The first-order chi connectivity index (χ1) is 16.4. The van der Waals surface area contributed by atoms with Crippen molar-refractivity contribution in [2.24, 2.45) is 0 Å². The number of benzene rings is 1. The molecule has 0 radical (unpaired) electrons. The number of aromatic amines is 1. The third-order valence-corrected chi connectivity index (χ3v) is 6.61. The molecule has 14 heteroatoms. The van der Waals surface area contributed by atoms with Crippen molar-refractivity contribution in [3.8, 4) is 28.9 Å². The quantitative estimate of drug-likeness (QED) is 0.319. The van der Waals surface area contributed by atoms with Crippen LogP contribution in [0.1, 0.15) is 0 Å². The summed E-state index contributed by atoms with van der Waals surface area (Å²) in [5, 5.41) is 0.403. The van der Waals surface area contributed by atoms with Crippen LogP contribution in [0.3, 0.4) is 0 Å². The van der Waals surface area contributed by atoms with Gasteiger partial charge in [0.15, 0.2) is 5.82 Å². The molecule has 0 spiro atoms. The minimum Gasteiger partial charge on any atom is -0.481 e. The normalized spacial score (nSPS) is 11.4. The molecule has 34 heavy (non-hydrogen) atoms. The Morgan fingerprint density at radius 1 is 1.12 bits per heavy atom. The lowest BCUT2D eigenvalue weighted by Gasteiger charge is -2.14. The number of nitrogens with zero attached hydrogens (tertiary/aromatic N) is 4. The molecule has 3 aromatic heterocycles. The Balaban J connectivity index is 1.76. The molecule has 2 N–H and O–H groups in total. The summed E-state index contributed by atoms with van der Waals surface area (Å²) >= 11 is 3.48. The fraction of sp³-hybridized carbons (Fsp3) is 0.200. The van der Waals surface area contributed by atoms with Crippen molar-refractivity contribution in [1.29, 1.82) is 0 Å². The van der Waals surface area contributed by atoms with Gasteiger partial charge in [-0.05, 0) is 28.1 Å². The number of fused-ring (bicyclic) bond motifs is 1. The Bertz CT molecular complexity index is 1410. The van der Waals surface area contributed by atoms with Gasteiger partial charge in [-0.3, -0.25) is 0 Å². The van der Waals surface area contributed by atoms with Crippen molar-refractivity contribution in [2.45, 2.75) is 4.90 Å². The van der Waals surface area contributed by atoms with Crippen LogP contribution >= 0.6 is 15.9 Å². The van der Waals surface area contributed by atoms with Gasteiger partial charge in [0.1, 0.15) is 18.2 Å². The van der Waals surface area contributed by atoms with E-state index in [9.17, 15) is 12.8 Å². The van der Waals surface area contributed by atoms with Gasteiger partial charge in [-0.2, -0.15) is 9.97 Å². The van der Waals surface area contributed by atoms with Crippen LogP contribution in [0.25, 0.3) is 22.3 Å². The zero-order chi connectivity index (χ0) is 24.3. The van der Waals surface area contributed by atoms with E-state index < -0.39 is 16.7 Å². The molecule has 0 saturated heterocycles. The maximum atomic E-state index is 13.2. The molecule has 0 atom stereocenters. The smallest absolute Gasteiger partial charge is 0.266 e. The molecule has 3 heterocycles. The highest BCUT2D eigenvalue weighted by Crippen LogP contribution is 2.37. The van der Waals surface area contributed by atoms with Gasteiger partial charge in [0.25, 0.3) is 21.8 Å². The Labute approximate surface area is 201 Å². The van der Waals surface area contributed by atoms with Gasteiger partial charge in [0.05, 0.1) is 25.3 Å². The maximum absolute atomic E-state index is 13.2. The minimum absolute atomic E-state index is 0.0463. The lowest BCUT2D eigenvalue weighted by atomic mass is 10.1. The molecule has 0 amide bonds. The molecule has 0 bridgehead atoms. The molecule has 11 nitrogen and oxygen atoms in total. The second-order valence-corrected chi connectivity index (χ2v) is 9.11. The van der Waals surface area contributed by atoms with E-state index in [1.807, 2.05) is 0 Å². The average molecular weight is 553 g/mol. The van der Waals surface area contributed by atoms with Crippen molar-refractivity contribution in [3.05, 3.63) is 41.3 Å². The van der Waals surface area contributed by atoms with Crippen LogP contribution in [0.2, 0.25) is 0 Å². The predicted molar refractivity (Wildman–Crippen MR) is 124 cm³/mol. The summed E-state index contributed by atoms with van der Waals surface area (Å²) in [6.45, 7) is -1.03. The van der Waals surface area contributed by atoms with Gasteiger partial charge in [-0.1, -0.05) is 6.07 Å². The second-order valence-electron chi connectivity index (χ2n) is 6.61. The first-order valence-corrected chi connectivity index (χ1v) is 12.0. The van der Waals surface area contributed by atoms with E-state index in [0.717, 1.165) is 0 Å². The van der Waals surface area contributed by atoms with Gasteiger partial charge >= 0.3 is 0 Å². The van der Waals surface area contributed by atoms with E-state index in [0.29, 0.717) is 26.8 Å². The summed E-state index contributed by atoms with van der Waals surface area (Å²) in [5.41, 5.74) is 1.13. The van der Waals surface area contributed by atoms with Gasteiger partial charge < -0.3 is 19.2 Å². The summed E-state index contributed by atoms with van der Waals surface area (Å²) in [6.07, 6.45) is 4.53. The number of aromatic nitrogens is 5. The van der Waals surface area contributed by atoms with E-state index in [1.54, 1.807) is 30.6 Å². The van der Waals surface area contributed by atoms with Crippen LogP contribution in [0, 0.1) is 0 Å². The number of halogens is 2. The number of methoxy groups -OCH3 is 2. The van der Waals surface area contributed by atoms with E-state index in [-0.39, 0.29) is 35.0 Å². The topological polar surface area (TPSA) is 141 Å². The summed E-state index contributed by atoms with van der Waals surface area (Å²) in [6, 6.07) is 5.04. The van der Waals surface area contributed by atoms with Crippen LogP contribution in [0.15, 0.2) is 46.2 Å². The predicted octanol–water partition coefficient (Wildman–Crippen LogP) is 3.34. The highest BCUT2D eigenvalue weighted by Gasteiger charge is 2.25. The van der Waals surface area contributed by atoms with Crippen molar-refractivity contribution in [1.82, 2.24) is 24.9 Å². The lowest BCUT2D eigenvalue weighted by Crippen LogP contribution is -2.16. The number of sulfonamides is 1. The number of rotatable bonds is 9. The molecule has 0 unspecified atom stereocenters. The molecule has 0 saturated carbocycles. The van der Waals surface area contributed by atoms with E-state index >= 15 is 0 Å². The van der Waals surface area contributed by atoms with E-state index in [1.165, 1.54) is 20.4 Å². The number of alkyl halides is 1. The Morgan fingerprint density at radius 2 is 1.79 bits per heavy atom. The first-order valence-electron chi connectivity index (χ1n) is 9.68. The number of ether oxygens (including phenoxy) is 3. The van der Waals surface area contributed by atoms with Gasteiger partial charge in [-0.15, -0.1) is 0 Å². The number of hydrogen-bond acceptors (Lipinski definition) is 9. The highest BCUT2D eigenvalue weighted by molar-refractivity contribution is 9.10. The van der Waals surface area contributed by atoms with Crippen LogP contribution in [-0.2, 0) is 10.0 Å². The summed E-state index contributed by atoms with van der Waals surface area (Å²) < 4.78 is 57.6. The van der Waals surface area contributed by atoms with Gasteiger partial charge in [0.2, 0.25) is 11.7 Å². The fourth-order valence-electron chi connectivity index (χ4n) is 3.19. The summed E-state index contributed by atoms with van der Waals surface area (Å²) in [5.74, 6) is -0.191. The average Bonchev–Trinajstić information content (AvgIpc) is 3.28. The van der Waals surface area contributed by atoms with Crippen LogP contribution in [0.4, 0.5) is 10.3 Å². The number of anilines is 1. The molecule has 1 aromatic carbocycles. The maximum Gasteiger partial charge on any atom is 0.266 e. The monoisotopic (exact) mass is 552 g/mol. The third kappa shape index (κ3) is 4.46. The first kappa shape index (κ1) is 23.6. The van der Waals surface area contributed by atoms with Crippen molar-refractivity contribution >= 4 is 42.8 Å². The number of hydrogen-bond donors (Lipinski definition) is 2. The van der Waals surface area contributed by atoms with Gasteiger partial charge in [0, 0.05) is 28.4 Å². The largest absolute Gasteiger partial charge is 0.481 e. The van der Waals surface area contributed by atoms with Crippen molar-refractivity contribution < 1.29 is 27.0 Å². The van der Waals surface area contributed by atoms with E-state index in [4.69, 9.17) is 14.2 Å². The number of nitrogens with one attached hydrogen (secondary N) is 2. The molecular formula is C20H18BrFN6O5S. The standard InChI is InChI=1S/C20H18BrFN6O5S/c1-31-18-16(33-9-6-22)19(32-2)27-20(26-18)28-34(29,30)13-10-25-15-11(13)4-5-12(21)14(15)17-23-7-3-8-24-17/h3-5,7-8,10,25H,6,9H2,1-2H3,(H,26,27,28). The van der Waals surface area contributed by atoms with Crippen molar-refractivity contribution in [3.63, 3.8) is 0 Å². The molecule has 0 fully saturated rings. The second kappa shape index (κ2) is 9.77. The van der Waals surface area contributed by atoms with Crippen molar-refractivity contribution in [2.75, 3.05) is 32.2 Å². The zero-order valence-corrected chi connectivity index (χ0v) is 20.3. The number of H-pyrrole nitrogens is 1. The van der Waals surface area contributed by atoms with E-state index in [2.05, 4.69) is 45.6 Å². The van der Waals surface area contributed by atoms with Crippen LogP contribution in [0.5, 0.6) is 17.5 Å². The Kier molecular flexibility index (Phi) is 6.79. The molecule has 4 rings (SSSR count). The van der Waals surface area contributed by atoms with Crippen LogP contribution in [-0.4, -0.2) is 60.8 Å². The fourth-order valence-corrected chi connectivity index (χ4v) is 4.81. The summed E-state index contributed by atoms with van der Waals surface area (Å²) in [4.78, 5) is 19.5. The molecule has 0 aliphatic carbocycles. The zero-order valence-electron chi connectivity index (χ0n) is 17.9. The Hall–Kier alpha value is -3.52. The third-order valence-electron chi connectivity index (χ3n) is 4.59. The minimum atomic E-state index is -4.16.